The van der Waals surface area contributed by atoms with Gasteiger partial charge in [-0.1, -0.05) is 50.2 Å². The summed E-state index contributed by atoms with van der Waals surface area (Å²) in [6.45, 7) is 6.43. The van der Waals surface area contributed by atoms with E-state index in [9.17, 15) is 0 Å². The van der Waals surface area contributed by atoms with Crippen molar-refractivity contribution in [3.05, 3.63) is 64.7 Å². The van der Waals surface area contributed by atoms with Crippen LogP contribution in [0.25, 0.3) is 0 Å². The summed E-state index contributed by atoms with van der Waals surface area (Å²) in [6.07, 6.45) is 0. The van der Waals surface area contributed by atoms with Gasteiger partial charge in [0.25, 0.3) is 0 Å². The second kappa shape index (κ2) is 6.74. The lowest BCUT2D eigenvalue weighted by Crippen LogP contribution is -2.28. The molecule has 0 radical (unpaired) electrons. The highest BCUT2D eigenvalue weighted by molar-refractivity contribution is 5.41. The van der Waals surface area contributed by atoms with Gasteiger partial charge in [0.2, 0.25) is 0 Å². The van der Waals surface area contributed by atoms with Gasteiger partial charge in [0, 0.05) is 0 Å². The molecule has 0 aromatic heterocycles. The first kappa shape index (κ1) is 15.5. The van der Waals surface area contributed by atoms with Gasteiger partial charge in [-0.15, -0.1) is 0 Å². The van der Waals surface area contributed by atoms with E-state index in [1.165, 1.54) is 5.56 Å². The maximum absolute atomic E-state index is 5.77. The number of rotatable bonds is 5. The Bertz CT molecular complexity index is 591. The van der Waals surface area contributed by atoms with Crippen LogP contribution >= 0.6 is 0 Å². The van der Waals surface area contributed by atoms with E-state index >= 15 is 0 Å². The molecule has 0 saturated heterocycles. The molecule has 2 rings (SSSR count). The lowest BCUT2D eigenvalue weighted by Gasteiger charge is -2.19. The van der Waals surface area contributed by atoms with Crippen LogP contribution in [0, 0.1) is 6.92 Å². The average molecular weight is 284 g/mol. The highest BCUT2D eigenvalue weighted by Gasteiger charge is 2.14. The lowest BCUT2D eigenvalue weighted by atomic mass is 9.95. The van der Waals surface area contributed by atoms with Crippen LogP contribution in [0.3, 0.4) is 0 Å². The molecule has 1 unspecified atom stereocenters. The summed E-state index contributed by atoms with van der Waals surface area (Å²) < 4.78 is 5.31. The van der Waals surface area contributed by atoms with Crippen molar-refractivity contribution in [1.82, 2.24) is 5.43 Å². The third-order valence-electron chi connectivity index (χ3n) is 3.86. The number of aryl methyl sites for hydroxylation is 1. The van der Waals surface area contributed by atoms with Crippen molar-refractivity contribution in [3.63, 3.8) is 0 Å². The Labute approximate surface area is 127 Å². The topological polar surface area (TPSA) is 47.3 Å². The number of nitrogens with two attached hydrogens (primary N) is 1. The third kappa shape index (κ3) is 3.43. The first-order valence-electron chi connectivity index (χ1n) is 7.27. The standard InChI is InChI=1S/C18H24N2O/c1-12(2)14-5-7-15(8-6-14)18(20-19)16-9-10-17(21-4)13(3)11-16/h5-12,18,20H,19H2,1-4H3. The number of hydrogen-bond donors (Lipinski definition) is 2. The van der Waals surface area contributed by atoms with E-state index in [1.54, 1.807) is 7.11 Å². The van der Waals surface area contributed by atoms with Crippen LogP contribution in [-0.4, -0.2) is 7.11 Å². The number of nitrogens with one attached hydrogen (secondary N) is 1. The molecule has 3 N–H and O–H groups in total. The Morgan fingerprint density at radius 1 is 0.952 bits per heavy atom. The number of benzene rings is 2. The quantitative estimate of drug-likeness (QED) is 0.650. The third-order valence-corrected chi connectivity index (χ3v) is 3.86. The van der Waals surface area contributed by atoms with Gasteiger partial charge in [0.05, 0.1) is 13.2 Å². The molecular weight excluding hydrogens is 260 g/mol. The normalized spacial score (nSPS) is 12.5. The van der Waals surface area contributed by atoms with Gasteiger partial charge in [0.15, 0.2) is 0 Å². The molecule has 0 aliphatic rings. The van der Waals surface area contributed by atoms with Crippen molar-refractivity contribution in [2.75, 3.05) is 7.11 Å². The summed E-state index contributed by atoms with van der Waals surface area (Å²) in [5.41, 5.74) is 7.64. The molecule has 21 heavy (non-hydrogen) atoms. The van der Waals surface area contributed by atoms with Gasteiger partial charge in [0.1, 0.15) is 5.75 Å². The van der Waals surface area contributed by atoms with Gasteiger partial charge in [-0.25, -0.2) is 5.43 Å². The molecule has 0 aliphatic heterocycles. The number of methoxy groups -OCH3 is 1. The summed E-state index contributed by atoms with van der Waals surface area (Å²) in [7, 11) is 1.69. The Balaban J connectivity index is 2.32. The van der Waals surface area contributed by atoms with E-state index in [0.29, 0.717) is 5.92 Å². The Morgan fingerprint density at radius 2 is 1.52 bits per heavy atom. The fourth-order valence-electron chi connectivity index (χ4n) is 2.54. The van der Waals surface area contributed by atoms with Gasteiger partial charge >= 0.3 is 0 Å². The molecule has 1 atom stereocenters. The van der Waals surface area contributed by atoms with E-state index in [2.05, 4.69) is 49.6 Å². The molecule has 112 valence electrons. The maximum Gasteiger partial charge on any atom is 0.121 e. The fraction of sp³-hybridized carbons (Fsp3) is 0.333. The van der Waals surface area contributed by atoms with Gasteiger partial charge < -0.3 is 4.74 Å². The predicted octanol–water partition coefficient (Wildman–Crippen LogP) is 3.68. The minimum atomic E-state index is -0.0178. The smallest absolute Gasteiger partial charge is 0.121 e. The van der Waals surface area contributed by atoms with Crippen molar-refractivity contribution in [3.8, 4) is 5.75 Å². The second-order valence-electron chi connectivity index (χ2n) is 5.65. The molecule has 0 heterocycles. The minimum Gasteiger partial charge on any atom is -0.496 e. The van der Waals surface area contributed by atoms with Crippen LogP contribution in [0.4, 0.5) is 0 Å². The first-order valence-corrected chi connectivity index (χ1v) is 7.27. The van der Waals surface area contributed by atoms with Gasteiger partial charge in [-0.2, -0.15) is 0 Å². The van der Waals surface area contributed by atoms with Gasteiger partial charge in [-0.05, 0) is 41.2 Å². The summed E-state index contributed by atoms with van der Waals surface area (Å²) in [5, 5.41) is 0. The molecular formula is C18H24N2O. The molecule has 3 nitrogen and oxygen atoms in total. The van der Waals surface area contributed by atoms with E-state index in [-0.39, 0.29) is 6.04 Å². The van der Waals surface area contributed by atoms with Crippen LogP contribution in [0.15, 0.2) is 42.5 Å². The molecule has 0 saturated carbocycles. The average Bonchev–Trinajstić information content (AvgIpc) is 2.49. The van der Waals surface area contributed by atoms with Crippen LogP contribution in [0.1, 0.15) is 48.1 Å². The van der Waals surface area contributed by atoms with E-state index in [4.69, 9.17) is 10.6 Å². The van der Waals surface area contributed by atoms with Crippen LogP contribution < -0.4 is 16.0 Å². The Kier molecular flexibility index (Phi) is 4.99. The SMILES string of the molecule is COc1ccc(C(NN)c2ccc(C(C)C)cc2)cc1C. The Hall–Kier alpha value is -1.84. The van der Waals surface area contributed by atoms with Crippen molar-refractivity contribution in [2.24, 2.45) is 5.84 Å². The largest absolute Gasteiger partial charge is 0.496 e. The zero-order valence-electron chi connectivity index (χ0n) is 13.2. The Morgan fingerprint density at radius 3 is 2.00 bits per heavy atom. The van der Waals surface area contributed by atoms with Crippen LogP contribution in [0.2, 0.25) is 0 Å². The second-order valence-corrected chi connectivity index (χ2v) is 5.65. The molecule has 0 bridgehead atoms. The summed E-state index contributed by atoms with van der Waals surface area (Å²) in [6, 6.07) is 14.7. The van der Waals surface area contributed by atoms with Crippen molar-refractivity contribution >= 4 is 0 Å². The summed E-state index contributed by atoms with van der Waals surface area (Å²) in [5.74, 6) is 7.20. The van der Waals surface area contributed by atoms with Gasteiger partial charge in [-0.3, -0.25) is 5.84 Å². The molecule has 0 spiro atoms. The van der Waals surface area contributed by atoms with Crippen LogP contribution in [-0.2, 0) is 0 Å². The molecule has 0 fully saturated rings. The monoisotopic (exact) mass is 284 g/mol. The van der Waals surface area contributed by atoms with E-state index in [1.807, 2.05) is 19.1 Å². The highest BCUT2D eigenvalue weighted by Crippen LogP contribution is 2.27. The maximum atomic E-state index is 5.77. The lowest BCUT2D eigenvalue weighted by molar-refractivity contribution is 0.411. The molecule has 0 amide bonds. The number of hydrazine groups is 1. The van der Waals surface area contributed by atoms with Crippen LogP contribution in [0.5, 0.6) is 5.75 Å². The van der Waals surface area contributed by atoms with E-state index in [0.717, 1.165) is 22.4 Å². The number of ether oxygens (including phenoxy) is 1. The minimum absolute atomic E-state index is 0.0178. The van der Waals surface area contributed by atoms with E-state index < -0.39 is 0 Å². The summed E-state index contributed by atoms with van der Waals surface area (Å²) >= 11 is 0. The van der Waals surface area contributed by atoms with Crippen molar-refractivity contribution in [1.29, 1.82) is 0 Å². The molecule has 0 aliphatic carbocycles. The number of hydrogen-bond acceptors (Lipinski definition) is 3. The van der Waals surface area contributed by atoms with Crippen molar-refractivity contribution in [2.45, 2.75) is 32.7 Å². The predicted molar refractivity (Wildman–Crippen MR) is 87.4 cm³/mol. The summed E-state index contributed by atoms with van der Waals surface area (Å²) in [4.78, 5) is 0. The zero-order valence-corrected chi connectivity index (χ0v) is 13.2. The molecule has 2 aromatic carbocycles. The first-order chi connectivity index (χ1) is 10.1. The molecule has 3 heteroatoms. The van der Waals surface area contributed by atoms with Crippen molar-refractivity contribution < 1.29 is 4.74 Å². The zero-order chi connectivity index (χ0) is 15.4. The molecule has 2 aromatic rings. The highest BCUT2D eigenvalue weighted by atomic mass is 16.5. The fourth-order valence-corrected chi connectivity index (χ4v) is 2.54.